The van der Waals surface area contributed by atoms with Gasteiger partial charge in [0.2, 0.25) is 106 Å². The fourth-order valence-corrected chi connectivity index (χ4v) is 16.8. The molecule has 45 nitrogen and oxygen atoms in total. The number of phenolic OH excluding ortho intramolecular Hbond substituents is 1. The average Bonchev–Trinajstić information content (AvgIpc) is 1.69. The lowest BCUT2D eigenvalue weighted by Gasteiger charge is -2.36. The third-order valence-corrected chi connectivity index (χ3v) is 24.3. The molecular weight excluding hydrogens is 1740 g/mol. The number of benzene rings is 3. The highest BCUT2D eigenvalue weighted by Crippen LogP contribution is 2.28. The normalized spacial score (nSPS) is 25.0. The summed E-state index contributed by atoms with van der Waals surface area (Å²) in [6.07, 6.45) is -0.775. The summed E-state index contributed by atoms with van der Waals surface area (Å²) in [6.45, 7) is 0.229. The van der Waals surface area contributed by atoms with Crippen LogP contribution >= 0.6 is 11.8 Å². The quantitative estimate of drug-likeness (QED) is 0.0258. The molecule has 0 spiro atoms. The van der Waals surface area contributed by atoms with Crippen molar-refractivity contribution in [2.75, 3.05) is 72.0 Å². The molecule has 0 saturated carbocycles. The number of aromatic amines is 1. The van der Waals surface area contributed by atoms with Gasteiger partial charge in [0.05, 0.1) is 31.4 Å². The fourth-order valence-electron chi connectivity index (χ4n) is 15.9. The van der Waals surface area contributed by atoms with E-state index in [1.807, 2.05) is 0 Å². The van der Waals surface area contributed by atoms with Gasteiger partial charge in [-0.25, -0.2) is 0 Å². The molecule has 25 N–H and O–H groups in total. The van der Waals surface area contributed by atoms with Crippen molar-refractivity contribution in [2.24, 2.45) is 28.7 Å². The zero-order valence-electron chi connectivity index (χ0n) is 74.2. The van der Waals surface area contributed by atoms with Crippen molar-refractivity contribution in [3.8, 4) is 5.75 Å². The molecule has 3 saturated heterocycles. The van der Waals surface area contributed by atoms with Crippen molar-refractivity contribution in [1.82, 2.24) is 87.2 Å². The topological polar surface area (TPSA) is 693 Å². The molecule has 18 amide bonds. The monoisotopic (exact) mass is 1860 g/mol. The lowest BCUT2D eigenvalue weighted by atomic mass is 10.00. The molecule has 0 unspecified atom stereocenters. The van der Waals surface area contributed by atoms with Gasteiger partial charge in [0, 0.05) is 119 Å². The van der Waals surface area contributed by atoms with Crippen LogP contribution in [0.15, 0.2) is 85.2 Å². The number of aliphatic hydroxyl groups is 2. The van der Waals surface area contributed by atoms with Gasteiger partial charge in [0.25, 0.3) is 0 Å². The number of amides is 18. The van der Waals surface area contributed by atoms with Crippen LogP contribution in [0.25, 0.3) is 21.8 Å². The molecule has 46 heteroatoms. The van der Waals surface area contributed by atoms with Crippen LogP contribution in [0.3, 0.4) is 0 Å². The largest absolute Gasteiger partial charge is 0.508 e. The molecule has 3 aliphatic heterocycles. The Labute approximate surface area is 763 Å². The van der Waals surface area contributed by atoms with E-state index in [-0.39, 0.29) is 62.8 Å². The first kappa shape index (κ1) is 104. The number of nitrogens with two attached hydrogens (primary N) is 5. The summed E-state index contributed by atoms with van der Waals surface area (Å²) in [4.78, 5) is 280. The van der Waals surface area contributed by atoms with Crippen LogP contribution < -0.4 is 81.8 Å². The first-order chi connectivity index (χ1) is 62.7. The van der Waals surface area contributed by atoms with Gasteiger partial charge < -0.3 is 136 Å². The molecule has 3 aromatic carbocycles. The third kappa shape index (κ3) is 28.1. The number of likely N-dealkylation sites (N-methyl/N-ethyl adjacent to an activating group) is 3. The fraction of sp³-hybridized carbons (Fsp3) is 0.523. The van der Waals surface area contributed by atoms with Gasteiger partial charge in [-0.3, -0.25) is 91.1 Å². The van der Waals surface area contributed by atoms with Crippen molar-refractivity contribution in [1.29, 1.82) is 0 Å². The standard InChI is InChI=1S/C86H120N22O23S/c1-7-9-19-64-79(124)99-60(36-88)77(122)102-62(74(119)93-38-70(91)114)43-132-44-71(115)94-56(30-46-23-25-49(110)26-24-46)82(127)103(4)45(3)73(118)97-58(34-69(90)113)85(130)107-29-15-22-65(107)80(125)100-59(35-87)76(121)95-54(27-28-68(89)112)84(129)108-40-50(111)33-67(108)81(126)96-55(31-47-37-92-53-18-13-11-16-51(47)53)75(120)101-61(42-109)78(123)98-57(83(128)105(6)66(20-10-8-2)86(131)104(64)5)32-48-39-106(41-72(116)117)63-21-14-12-17-52(48)63/h11-14,16-18,21,23-26,37,39,45,50,54-62,64-67,92,109-111H,7-10,15,19-20,22,27-36,38,40-44,87-88H2,1-6H3,(H2,89,112)(H2,90,113)(H2,91,114)(H,93,119)(H,94,115)(H,95,121)(H,96,126)(H,97,118)(H,98,123)(H,99,124)(H,100,125)(H,101,120)(H,102,122)(H,116,117)/t45-,50+,54-,55-,56-,57-,58-,59-,60-,61-,62-,64-,65-,66-,67-/m0/s1. The van der Waals surface area contributed by atoms with Crippen LogP contribution in [0.5, 0.6) is 5.75 Å². The molecular formula is C86H120N22O23S. The van der Waals surface area contributed by atoms with Gasteiger partial charge in [-0.2, -0.15) is 0 Å². The maximum atomic E-state index is 15.8. The number of carboxylic acids is 1. The number of carbonyl (C=O) groups is 19. The summed E-state index contributed by atoms with van der Waals surface area (Å²) in [7, 11) is 3.73. The predicted molar refractivity (Wildman–Crippen MR) is 477 cm³/mol. The number of fused-ring (bicyclic) bond motifs is 4. The number of carbonyl (C=O) groups excluding carboxylic acids is 18. The lowest BCUT2D eigenvalue weighted by Crippen LogP contribution is -2.62. The number of carboxylic acid groups (broad SMARTS) is 1. The molecule has 8 rings (SSSR count). The number of rotatable bonds is 25. The van der Waals surface area contributed by atoms with Crippen LogP contribution in [-0.4, -0.2) is 329 Å². The number of para-hydroxylation sites is 2. The first-order valence-electron chi connectivity index (χ1n) is 43.4. The van der Waals surface area contributed by atoms with Crippen LogP contribution in [0.2, 0.25) is 0 Å². The number of aromatic nitrogens is 2. The summed E-state index contributed by atoms with van der Waals surface area (Å²) in [5.41, 5.74) is 31.0. The number of hydrogen-bond acceptors (Lipinski definition) is 25. The molecule has 132 heavy (non-hydrogen) atoms. The summed E-state index contributed by atoms with van der Waals surface area (Å²) >= 11 is 0.729. The Morgan fingerprint density at radius 2 is 1.08 bits per heavy atom. The summed E-state index contributed by atoms with van der Waals surface area (Å²) < 4.78 is 1.39. The molecule has 5 heterocycles. The van der Waals surface area contributed by atoms with E-state index in [2.05, 4.69) is 58.2 Å². The average molecular weight is 1860 g/mol. The second-order valence-electron chi connectivity index (χ2n) is 32.9. The number of primary amides is 3. The minimum Gasteiger partial charge on any atom is -0.508 e. The van der Waals surface area contributed by atoms with E-state index in [1.165, 1.54) is 69.3 Å². The molecule has 5 aromatic rings. The number of nitrogens with zero attached hydrogens (tertiary/aromatic N) is 6. The van der Waals surface area contributed by atoms with Gasteiger partial charge in [-0.1, -0.05) is 88.1 Å². The number of phenols is 1. The molecule has 0 radical (unpaired) electrons. The molecule has 3 aliphatic rings. The number of aromatic hydroxyl groups is 1. The Morgan fingerprint density at radius 3 is 1.72 bits per heavy atom. The van der Waals surface area contributed by atoms with Crippen molar-refractivity contribution in [3.05, 3.63) is 102 Å². The van der Waals surface area contributed by atoms with Gasteiger partial charge in [-0.05, 0) is 80.0 Å². The van der Waals surface area contributed by atoms with Crippen LogP contribution in [0, 0.1) is 0 Å². The summed E-state index contributed by atoms with van der Waals surface area (Å²) in [5, 5.41) is 68.8. The molecule has 3 fully saturated rings. The highest BCUT2D eigenvalue weighted by molar-refractivity contribution is 8.00. The van der Waals surface area contributed by atoms with E-state index in [0.29, 0.717) is 45.8 Å². The summed E-state index contributed by atoms with van der Waals surface area (Å²) in [6, 6.07) is -4.49. The molecule has 0 bridgehead atoms. The van der Waals surface area contributed by atoms with Crippen LogP contribution in [0.4, 0.5) is 0 Å². The van der Waals surface area contributed by atoms with E-state index < -0.39 is 292 Å². The van der Waals surface area contributed by atoms with Crippen molar-refractivity contribution in [3.63, 3.8) is 0 Å². The van der Waals surface area contributed by atoms with Crippen molar-refractivity contribution in [2.45, 2.75) is 214 Å². The Kier molecular flexibility index (Phi) is 38.7. The molecule has 2 aromatic heterocycles. The van der Waals surface area contributed by atoms with Crippen LogP contribution in [0.1, 0.15) is 115 Å². The van der Waals surface area contributed by atoms with Crippen molar-refractivity contribution < 1.29 is 112 Å². The number of H-pyrrole nitrogens is 1. The first-order valence-corrected chi connectivity index (χ1v) is 44.5. The predicted octanol–water partition coefficient (Wildman–Crippen LogP) is -6.46. The van der Waals surface area contributed by atoms with Gasteiger partial charge in [0.1, 0.15) is 96.9 Å². The number of unbranched alkanes of at least 4 members (excludes halogenated alkanes) is 2. The summed E-state index contributed by atoms with van der Waals surface area (Å²) in [5.74, 6) is -21.0. The van der Waals surface area contributed by atoms with Gasteiger partial charge in [0.15, 0.2) is 0 Å². The van der Waals surface area contributed by atoms with Crippen LogP contribution in [-0.2, 0) is 117 Å². The second kappa shape index (κ2) is 49.1. The highest BCUT2D eigenvalue weighted by atomic mass is 32.2. The number of aliphatic hydroxyl groups excluding tert-OH is 2. The number of hydrogen-bond donors (Lipinski definition) is 20. The number of aliphatic carboxylic acids is 1. The third-order valence-electron chi connectivity index (χ3n) is 23.3. The molecule has 718 valence electrons. The Morgan fingerprint density at radius 1 is 0.538 bits per heavy atom. The highest BCUT2D eigenvalue weighted by Gasteiger charge is 2.47. The Balaban J connectivity index is 1.19. The maximum absolute atomic E-state index is 15.8. The lowest BCUT2D eigenvalue weighted by molar-refractivity contribution is -0.149. The maximum Gasteiger partial charge on any atom is 0.323 e. The SMILES string of the molecule is CCCC[C@H]1C(=O)N(C)[C@@H](CCCC)C(=O)N[C@@H](CN)C(=O)N[C@H](C(=O)NCC(N)=O)CSCC(=O)N[C@@H](Cc2ccc(O)cc2)C(=O)N(C)[C@@H](C)C(=O)N[C@@H](CC(N)=O)C(=O)N2CCC[C@H]2C(=O)N[C@@H](CN)C(=O)N[C@@H](CCC(N)=O)C(=O)N2C[C@H](O)C[C@H]2C(=O)N[C@@H](Cc2c[nH]c3ccccc23)C(=O)N[C@@H](CO)C(=O)N[C@@H](Cc2cn(CC(=O)O)c3ccccc23)C(=O)N1C. The Hall–Kier alpha value is -13.3. The van der Waals surface area contributed by atoms with Crippen molar-refractivity contribution >= 4 is 146 Å². The number of thioether (sulfide) groups is 1. The van der Waals surface area contributed by atoms with E-state index in [1.54, 1.807) is 62.4 Å². The smallest absolute Gasteiger partial charge is 0.323 e. The zero-order chi connectivity index (χ0) is 97.1. The van der Waals surface area contributed by atoms with E-state index >= 15 is 28.8 Å². The van der Waals surface area contributed by atoms with Gasteiger partial charge in [-0.15, -0.1) is 11.8 Å². The van der Waals surface area contributed by atoms with E-state index in [9.17, 15) is 82.8 Å². The Bertz CT molecular complexity index is 5050. The zero-order valence-corrected chi connectivity index (χ0v) is 75.1. The second-order valence-corrected chi connectivity index (χ2v) is 33.9. The molecule has 0 aliphatic carbocycles. The number of nitrogens with one attached hydrogen (secondary N) is 11. The molecule has 15 atom stereocenters. The minimum atomic E-state index is -2.00. The van der Waals surface area contributed by atoms with Gasteiger partial charge >= 0.3 is 5.97 Å². The van der Waals surface area contributed by atoms with E-state index in [4.69, 9.17) is 28.7 Å². The minimum absolute atomic E-state index is 0.0628. The van der Waals surface area contributed by atoms with E-state index in [0.717, 1.165) is 36.3 Å².